The predicted molar refractivity (Wildman–Crippen MR) is 344 cm³/mol. The van der Waals surface area contributed by atoms with Crippen molar-refractivity contribution in [2.45, 2.75) is 277 Å². The molecule has 80 heavy (non-hydrogen) atoms. The molecule has 0 bridgehead atoms. The van der Waals surface area contributed by atoms with E-state index < -0.39 is 32.5 Å². The van der Waals surface area contributed by atoms with Crippen molar-refractivity contribution in [3.63, 3.8) is 0 Å². The highest BCUT2D eigenvalue weighted by Gasteiger charge is 2.27. The van der Waals surface area contributed by atoms with Crippen molar-refractivity contribution in [1.82, 2.24) is 0 Å². The summed E-state index contributed by atoms with van der Waals surface area (Å²) >= 11 is 0. The van der Waals surface area contributed by atoms with Crippen molar-refractivity contribution in [2.75, 3.05) is 47.5 Å². The molecule has 9 nitrogen and oxygen atoms in total. The van der Waals surface area contributed by atoms with Gasteiger partial charge in [0.25, 0.3) is 0 Å². The van der Waals surface area contributed by atoms with E-state index >= 15 is 0 Å². The van der Waals surface area contributed by atoms with Gasteiger partial charge < -0.3 is 18.9 Å². The quantitative estimate of drug-likeness (QED) is 0.0211. The number of quaternary nitrogens is 1. The molecule has 0 amide bonds. The Hall–Kier alpha value is -3.33. The van der Waals surface area contributed by atoms with Gasteiger partial charge in [0.15, 0.2) is 6.10 Å². The molecule has 0 aliphatic heterocycles. The molecule has 0 spiro atoms. The minimum absolute atomic E-state index is 0.00628. The van der Waals surface area contributed by atoms with Crippen LogP contribution >= 0.6 is 7.82 Å². The number of rotatable bonds is 59. The number of nitrogens with zero attached hydrogens (tertiary/aromatic N) is 1. The fraction of sp³-hybridized carbons (Fsp3) is 0.714. The fourth-order valence-corrected chi connectivity index (χ4v) is 9.65. The molecule has 0 aromatic rings. The van der Waals surface area contributed by atoms with E-state index in [1.807, 2.05) is 33.3 Å². The third-order valence-electron chi connectivity index (χ3n) is 13.8. The first-order chi connectivity index (χ1) is 39.0. The average molecular weight is 1140 g/mol. The Morgan fingerprint density at radius 2 is 0.713 bits per heavy atom. The molecule has 0 saturated carbocycles. The largest absolute Gasteiger partial charge is 0.472 e. The number of hydrogen-bond acceptors (Lipinski definition) is 7. The number of ether oxygens (including phenoxy) is 2. The van der Waals surface area contributed by atoms with Crippen LogP contribution in [0.2, 0.25) is 0 Å². The number of carbonyl (C=O) groups is 2. The molecule has 2 atom stereocenters. The molecule has 0 aliphatic carbocycles. The Labute approximate surface area is 493 Å². The molecule has 0 aromatic carbocycles. The van der Waals surface area contributed by atoms with E-state index in [2.05, 4.69) is 105 Å². The topological polar surface area (TPSA) is 108 Å². The molecular formula is C70H123NO8P+. The van der Waals surface area contributed by atoms with Crippen LogP contribution in [0.25, 0.3) is 0 Å². The third kappa shape index (κ3) is 63.8. The van der Waals surface area contributed by atoms with Crippen molar-refractivity contribution in [1.29, 1.82) is 0 Å². The Kier molecular flexibility index (Phi) is 57.8. The van der Waals surface area contributed by atoms with Crippen LogP contribution in [0.4, 0.5) is 0 Å². The molecular weight excluding hydrogens is 1010 g/mol. The first-order valence-electron chi connectivity index (χ1n) is 32.6. The maximum Gasteiger partial charge on any atom is 0.472 e. The monoisotopic (exact) mass is 1140 g/mol. The minimum Gasteiger partial charge on any atom is -0.462 e. The number of unbranched alkanes of at least 4 members (excludes halogenated alkanes) is 28. The molecule has 0 heterocycles. The second-order valence-electron chi connectivity index (χ2n) is 22.8. The van der Waals surface area contributed by atoms with Crippen molar-refractivity contribution in [3.05, 3.63) is 109 Å². The van der Waals surface area contributed by atoms with E-state index in [0.717, 1.165) is 70.6 Å². The molecule has 0 fully saturated rings. The lowest BCUT2D eigenvalue weighted by atomic mass is 10.0. The van der Waals surface area contributed by atoms with Gasteiger partial charge in [0, 0.05) is 6.42 Å². The van der Waals surface area contributed by atoms with E-state index in [9.17, 15) is 19.0 Å². The Balaban J connectivity index is 3.90. The first-order valence-corrected chi connectivity index (χ1v) is 34.1. The van der Waals surface area contributed by atoms with Gasteiger partial charge in [0.2, 0.25) is 0 Å². The number of likely N-dealkylation sites (N-methyl/N-ethyl adjacent to an activating group) is 1. The molecule has 0 radical (unpaired) electrons. The molecule has 0 saturated heterocycles. The van der Waals surface area contributed by atoms with Crippen LogP contribution in [0.1, 0.15) is 271 Å². The first kappa shape index (κ1) is 76.7. The van der Waals surface area contributed by atoms with Gasteiger partial charge in [-0.3, -0.25) is 18.6 Å². The molecule has 0 rings (SSSR count). The van der Waals surface area contributed by atoms with Gasteiger partial charge in [-0.1, -0.05) is 290 Å². The number of esters is 2. The number of allylic oxidation sites excluding steroid dienone is 17. The summed E-state index contributed by atoms with van der Waals surface area (Å²) in [5.74, 6) is -0.941. The lowest BCUT2D eigenvalue weighted by molar-refractivity contribution is -0.870. The zero-order valence-corrected chi connectivity index (χ0v) is 53.2. The number of carbonyl (C=O) groups excluding carboxylic acids is 2. The summed E-state index contributed by atoms with van der Waals surface area (Å²) < 4.78 is 34.4. The summed E-state index contributed by atoms with van der Waals surface area (Å²) in [6, 6.07) is 0. The molecule has 10 heteroatoms. The summed E-state index contributed by atoms with van der Waals surface area (Å²) in [5.41, 5.74) is 0. The van der Waals surface area contributed by atoms with Crippen molar-refractivity contribution < 1.29 is 42.1 Å². The Morgan fingerprint density at radius 3 is 1.06 bits per heavy atom. The molecule has 1 N–H and O–H groups in total. The average Bonchev–Trinajstić information content (AvgIpc) is 3.42. The Bertz CT molecular complexity index is 1720. The molecule has 0 aromatic heterocycles. The highest BCUT2D eigenvalue weighted by Crippen LogP contribution is 2.43. The summed E-state index contributed by atoms with van der Waals surface area (Å²) in [7, 11) is 1.42. The van der Waals surface area contributed by atoms with Crippen molar-refractivity contribution in [3.8, 4) is 0 Å². The van der Waals surface area contributed by atoms with Crippen molar-refractivity contribution >= 4 is 19.8 Å². The lowest BCUT2D eigenvalue weighted by Gasteiger charge is -2.24. The lowest BCUT2D eigenvalue weighted by Crippen LogP contribution is -2.37. The van der Waals surface area contributed by atoms with E-state index in [0.29, 0.717) is 17.4 Å². The summed E-state index contributed by atoms with van der Waals surface area (Å²) in [6.07, 6.45) is 85.4. The maximum atomic E-state index is 12.7. The third-order valence-corrected chi connectivity index (χ3v) is 14.8. The van der Waals surface area contributed by atoms with E-state index in [1.54, 1.807) is 6.08 Å². The fourth-order valence-electron chi connectivity index (χ4n) is 8.91. The molecule has 0 aliphatic rings. The van der Waals surface area contributed by atoms with Crippen LogP contribution in [-0.4, -0.2) is 74.9 Å². The highest BCUT2D eigenvalue weighted by molar-refractivity contribution is 7.47. The van der Waals surface area contributed by atoms with Crippen LogP contribution in [0.5, 0.6) is 0 Å². The summed E-state index contributed by atoms with van der Waals surface area (Å²) in [6.45, 7) is 4.10. The second-order valence-corrected chi connectivity index (χ2v) is 24.2. The SMILES string of the molecule is CC/C=C\C/C=C\C/C=C\C/C=C\C/C=C\CC(=O)OC(COC(=O)CCCCCCCCCCCCCCCCCCCCCCCCCCCCCC/C=C\C/C=C\C/C=C\C/C=C\CC)COP(=O)(O)OCC[N+](C)(C)C. The van der Waals surface area contributed by atoms with Gasteiger partial charge in [0.05, 0.1) is 34.2 Å². The standard InChI is InChI=1S/C70H122NO8P/c1-6-8-10-12-14-16-18-20-22-23-24-25-26-27-28-29-30-31-32-33-34-35-36-37-38-39-40-41-42-43-44-45-46-47-49-50-52-54-56-58-60-62-69(72)76-66-68(67-78-80(74,75)77-65-64-71(3,4)5)79-70(73)63-61-59-57-55-53-51-48-21-19-17-15-13-11-9-7-2/h8-11,14-17,20-22,24-25,48,53,55,59,61,68H,6-7,12-13,18-19,23,26-47,49-52,54,56-58,60,62-67H2,1-5H3/p+1/b10-8-,11-9-,16-14-,17-15-,22-20-,25-24-,48-21-,55-53-,61-59-. The van der Waals surface area contributed by atoms with E-state index in [-0.39, 0.29) is 26.1 Å². The predicted octanol–water partition coefficient (Wildman–Crippen LogP) is 20.9. The normalized spacial score (nSPS) is 13.9. The van der Waals surface area contributed by atoms with Crippen LogP contribution in [0.3, 0.4) is 0 Å². The second kappa shape index (κ2) is 60.3. The molecule has 460 valence electrons. The van der Waals surface area contributed by atoms with Crippen LogP contribution < -0.4 is 0 Å². The zero-order valence-electron chi connectivity index (χ0n) is 52.3. The van der Waals surface area contributed by atoms with Crippen LogP contribution in [-0.2, 0) is 32.7 Å². The van der Waals surface area contributed by atoms with Gasteiger partial charge in [-0.15, -0.1) is 0 Å². The number of phosphoric ester groups is 1. The van der Waals surface area contributed by atoms with E-state index in [1.165, 1.54) is 167 Å². The van der Waals surface area contributed by atoms with Crippen LogP contribution in [0.15, 0.2) is 109 Å². The van der Waals surface area contributed by atoms with Crippen LogP contribution in [0, 0.1) is 0 Å². The summed E-state index contributed by atoms with van der Waals surface area (Å²) in [4.78, 5) is 35.6. The highest BCUT2D eigenvalue weighted by atomic mass is 31.2. The van der Waals surface area contributed by atoms with Crippen molar-refractivity contribution in [2.24, 2.45) is 0 Å². The maximum absolute atomic E-state index is 12.7. The van der Waals surface area contributed by atoms with Gasteiger partial charge in [-0.2, -0.15) is 0 Å². The van der Waals surface area contributed by atoms with Gasteiger partial charge in [-0.05, 0) is 77.0 Å². The minimum atomic E-state index is -4.41. The van der Waals surface area contributed by atoms with Gasteiger partial charge >= 0.3 is 19.8 Å². The number of hydrogen-bond donors (Lipinski definition) is 1. The zero-order chi connectivity index (χ0) is 58.4. The van der Waals surface area contributed by atoms with E-state index in [4.69, 9.17) is 18.5 Å². The summed E-state index contributed by atoms with van der Waals surface area (Å²) in [5, 5.41) is 0. The number of phosphoric acid groups is 1. The molecule has 2 unspecified atom stereocenters. The Morgan fingerprint density at radius 1 is 0.400 bits per heavy atom. The van der Waals surface area contributed by atoms with Gasteiger partial charge in [0.1, 0.15) is 19.8 Å². The smallest absolute Gasteiger partial charge is 0.462 e. The van der Waals surface area contributed by atoms with Gasteiger partial charge in [-0.25, -0.2) is 4.57 Å².